The summed E-state index contributed by atoms with van der Waals surface area (Å²) < 4.78 is 18.7. The monoisotopic (exact) mass is 443 g/mol. The van der Waals surface area contributed by atoms with E-state index < -0.39 is 11.7 Å². The SMILES string of the molecule is Cc1ccc(NC(=O)COc2ccccc2/C=C(\C#N)C(=O)Nc2ccc(F)cc2)c(C)c1. The summed E-state index contributed by atoms with van der Waals surface area (Å²) in [5, 5.41) is 14.8. The molecule has 3 aromatic rings. The van der Waals surface area contributed by atoms with Crippen LogP contribution in [0.4, 0.5) is 15.8 Å². The van der Waals surface area contributed by atoms with Gasteiger partial charge in [-0.05, 0) is 61.9 Å². The molecule has 0 bridgehead atoms. The number of nitriles is 1. The van der Waals surface area contributed by atoms with Crippen LogP contribution in [-0.4, -0.2) is 18.4 Å². The van der Waals surface area contributed by atoms with Crippen molar-refractivity contribution in [2.45, 2.75) is 13.8 Å². The summed E-state index contributed by atoms with van der Waals surface area (Å²) in [6.45, 7) is 3.63. The maximum atomic E-state index is 13.0. The molecule has 0 unspecified atom stereocenters. The van der Waals surface area contributed by atoms with Crippen LogP contribution in [0.15, 0.2) is 72.3 Å². The maximum Gasteiger partial charge on any atom is 0.266 e. The highest BCUT2D eigenvalue weighted by Crippen LogP contribution is 2.22. The highest BCUT2D eigenvalue weighted by molar-refractivity contribution is 6.09. The number of para-hydroxylation sites is 1. The zero-order valence-electron chi connectivity index (χ0n) is 18.2. The molecule has 3 aromatic carbocycles. The fraction of sp³-hybridized carbons (Fsp3) is 0.115. The van der Waals surface area contributed by atoms with Gasteiger partial charge >= 0.3 is 0 Å². The van der Waals surface area contributed by atoms with Gasteiger partial charge in [0.25, 0.3) is 11.8 Å². The number of nitrogens with one attached hydrogen (secondary N) is 2. The largest absolute Gasteiger partial charge is 0.483 e. The topological polar surface area (TPSA) is 91.2 Å². The summed E-state index contributed by atoms with van der Waals surface area (Å²) >= 11 is 0. The highest BCUT2D eigenvalue weighted by atomic mass is 19.1. The zero-order valence-corrected chi connectivity index (χ0v) is 18.2. The fourth-order valence-corrected chi connectivity index (χ4v) is 3.05. The Morgan fingerprint density at radius 3 is 2.45 bits per heavy atom. The Balaban J connectivity index is 1.69. The van der Waals surface area contributed by atoms with Gasteiger partial charge in [0.1, 0.15) is 23.2 Å². The molecule has 2 amide bonds. The first-order valence-electron chi connectivity index (χ1n) is 10.1. The maximum absolute atomic E-state index is 13.0. The number of hydrogen-bond donors (Lipinski definition) is 2. The lowest BCUT2D eigenvalue weighted by Gasteiger charge is -2.12. The Labute approximate surface area is 191 Å². The second kappa shape index (κ2) is 10.7. The minimum atomic E-state index is -0.647. The number of carbonyl (C=O) groups excluding carboxylic acids is 2. The van der Waals surface area contributed by atoms with Crippen molar-refractivity contribution >= 4 is 29.3 Å². The van der Waals surface area contributed by atoms with Crippen LogP contribution in [0.5, 0.6) is 5.75 Å². The quantitative estimate of drug-likeness (QED) is 0.397. The molecule has 0 fully saturated rings. The third-order valence-electron chi connectivity index (χ3n) is 4.70. The lowest BCUT2D eigenvalue weighted by molar-refractivity contribution is -0.118. The number of amides is 2. The summed E-state index contributed by atoms with van der Waals surface area (Å²) in [6.07, 6.45) is 1.37. The van der Waals surface area contributed by atoms with Crippen molar-refractivity contribution in [2.24, 2.45) is 0 Å². The summed E-state index contributed by atoms with van der Waals surface area (Å²) in [4.78, 5) is 24.8. The number of anilines is 2. The van der Waals surface area contributed by atoms with Gasteiger partial charge in [0.15, 0.2) is 6.61 Å². The van der Waals surface area contributed by atoms with Gasteiger partial charge in [-0.1, -0.05) is 35.9 Å². The van der Waals surface area contributed by atoms with Crippen LogP contribution in [0.25, 0.3) is 6.08 Å². The number of carbonyl (C=O) groups is 2. The van der Waals surface area contributed by atoms with Gasteiger partial charge in [-0.2, -0.15) is 5.26 Å². The van der Waals surface area contributed by atoms with Gasteiger partial charge in [0.2, 0.25) is 0 Å². The van der Waals surface area contributed by atoms with E-state index >= 15 is 0 Å². The third-order valence-corrected chi connectivity index (χ3v) is 4.70. The molecule has 0 atom stereocenters. The lowest BCUT2D eigenvalue weighted by Crippen LogP contribution is -2.21. The molecule has 0 heterocycles. The van der Waals surface area contributed by atoms with E-state index in [0.29, 0.717) is 22.7 Å². The summed E-state index contributed by atoms with van der Waals surface area (Å²) in [7, 11) is 0. The van der Waals surface area contributed by atoms with Crippen LogP contribution in [0.1, 0.15) is 16.7 Å². The molecule has 0 aromatic heterocycles. The van der Waals surface area contributed by atoms with Crippen LogP contribution >= 0.6 is 0 Å². The average molecular weight is 443 g/mol. The van der Waals surface area contributed by atoms with Gasteiger partial charge < -0.3 is 15.4 Å². The second-order valence-corrected chi connectivity index (χ2v) is 7.32. The van der Waals surface area contributed by atoms with E-state index in [2.05, 4.69) is 10.6 Å². The molecule has 0 saturated heterocycles. The first-order chi connectivity index (χ1) is 15.9. The molecule has 2 N–H and O–H groups in total. The van der Waals surface area contributed by atoms with Gasteiger partial charge in [-0.25, -0.2) is 4.39 Å². The number of halogens is 1. The van der Waals surface area contributed by atoms with E-state index in [4.69, 9.17) is 4.74 Å². The number of ether oxygens (including phenoxy) is 1. The van der Waals surface area contributed by atoms with E-state index in [9.17, 15) is 19.2 Å². The molecule has 166 valence electrons. The highest BCUT2D eigenvalue weighted by Gasteiger charge is 2.13. The van der Waals surface area contributed by atoms with Gasteiger partial charge in [-0.3, -0.25) is 9.59 Å². The molecule has 0 aliphatic carbocycles. The number of benzene rings is 3. The predicted octanol–water partition coefficient (Wildman–Crippen LogP) is 5.01. The second-order valence-electron chi connectivity index (χ2n) is 7.32. The standard InChI is InChI=1S/C26H22FN3O3/c1-17-7-12-23(18(2)13-17)30-25(31)16-33-24-6-4-3-5-19(24)14-20(15-28)26(32)29-22-10-8-21(27)9-11-22/h3-14H,16H2,1-2H3,(H,29,32)(H,30,31)/b20-14+. The van der Waals surface area contributed by atoms with Crippen LogP contribution in [-0.2, 0) is 9.59 Å². The Morgan fingerprint density at radius 1 is 1.03 bits per heavy atom. The van der Waals surface area contributed by atoms with E-state index in [1.807, 2.05) is 38.1 Å². The minimum absolute atomic E-state index is 0.171. The number of rotatable bonds is 7. The molecule has 7 heteroatoms. The Kier molecular flexibility index (Phi) is 7.55. The first kappa shape index (κ1) is 23.2. The molecule has 0 aliphatic heterocycles. The molecule has 33 heavy (non-hydrogen) atoms. The fourth-order valence-electron chi connectivity index (χ4n) is 3.05. The minimum Gasteiger partial charge on any atom is -0.483 e. The van der Waals surface area contributed by atoms with E-state index in [-0.39, 0.29) is 18.1 Å². The van der Waals surface area contributed by atoms with Gasteiger partial charge in [0.05, 0.1) is 0 Å². The molecule has 6 nitrogen and oxygen atoms in total. The predicted molar refractivity (Wildman–Crippen MR) is 125 cm³/mol. The molecule has 0 radical (unpaired) electrons. The van der Waals surface area contributed by atoms with Crippen molar-refractivity contribution in [3.05, 3.63) is 94.8 Å². The van der Waals surface area contributed by atoms with Crippen molar-refractivity contribution in [3.8, 4) is 11.8 Å². The first-order valence-corrected chi connectivity index (χ1v) is 10.1. The van der Waals surface area contributed by atoms with Crippen LogP contribution in [0.3, 0.4) is 0 Å². The van der Waals surface area contributed by atoms with Gasteiger partial charge in [-0.15, -0.1) is 0 Å². The number of hydrogen-bond acceptors (Lipinski definition) is 4. The molecular formula is C26H22FN3O3. The number of nitrogens with zero attached hydrogens (tertiary/aromatic N) is 1. The van der Waals surface area contributed by atoms with Crippen molar-refractivity contribution < 1.29 is 18.7 Å². The Morgan fingerprint density at radius 2 is 1.76 bits per heavy atom. The molecule has 0 spiro atoms. The summed E-state index contributed by atoms with van der Waals surface area (Å²) in [6, 6.07) is 19.5. The third kappa shape index (κ3) is 6.52. The smallest absolute Gasteiger partial charge is 0.266 e. The number of aryl methyl sites for hydroxylation is 2. The average Bonchev–Trinajstić information content (AvgIpc) is 2.80. The molecule has 0 saturated carbocycles. The van der Waals surface area contributed by atoms with Gasteiger partial charge in [0, 0.05) is 16.9 Å². The van der Waals surface area contributed by atoms with Crippen LogP contribution in [0.2, 0.25) is 0 Å². The van der Waals surface area contributed by atoms with Crippen molar-refractivity contribution in [3.63, 3.8) is 0 Å². The normalized spacial score (nSPS) is 10.8. The summed E-state index contributed by atoms with van der Waals surface area (Å²) in [5.41, 5.74) is 3.39. The van der Waals surface area contributed by atoms with E-state index in [1.54, 1.807) is 24.3 Å². The molecular weight excluding hydrogens is 421 g/mol. The van der Waals surface area contributed by atoms with Crippen LogP contribution in [0, 0.1) is 31.0 Å². The van der Waals surface area contributed by atoms with Crippen molar-refractivity contribution in [2.75, 3.05) is 17.2 Å². The summed E-state index contributed by atoms with van der Waals surface area (Å²) in [5.74, 6) is -1.07. The van der Waals surface area contributed by atoms with E-state index in [1.165, 1.54) is 30.3 Å². The van der Waals surface area contributed by atoms with Crippen molar-refractivity contribution in [1.82, 2.24) is 0 Å². The molecule has 0 aliphatic rings. The van der Waals surface area contributed by atoms with Crippen LogP contribution < -0.4 is 15.4 Å². The van der Waals surface area contributed by atoms with Crippen molar-refractivity contribution in [1.29, 1.82) is 5.26 Å². The molecule has 3 rings (SSSR count). The zero-order chi connectivity index (χ0) is 23.8. The Hall–Kier alpha value is -4.44. The lowest BCUT2D eigenvalue weighted by atomic mass is 10.1. The van der Waals surface area contributed by atoms with E-state index in [0.717, 1.165) is 11.1 Å². The Bertz CT molecular complexity index is 1240.